The molecule has 164 valence electrons. The van der Waals surface area contributed by atoms with E-state index in [9.17, 15) is 14.4 Å². The Morgan fingerprint density at radius 2 is 1.44 bits per heavy atom. The summed E-state index contributed by atoms with van der Waals surface area (Å²) in [5, 5.41) is 14.2. The van der Waals surface area contributed by atoms with Crippen LogP contribution in [0, 0.1) is 0 Å². The maximum atomic E-state index is 13.1. The fourth-order valence-corrected chi connectivity index (χ4v) is 4.03. The molecule has 1 atom stereocenters. The molecule has 0 aliphatic rings. The highest BCUT2D eigenvalue weighted by Crippen LogP contribution is 2.36. The first-order valence-corrected chi connectivity index (χ1v) is 11.1. The van der Waals surface area contributed by atoms with Crippen LogP contribution in [0.3, 0.4) is 0 Å². The molecule has 3 rings (SSSR count). The number of anilines is 2. The zero-order valence-corrected chi connectivity index (χ0v) is 18.4. The molecular formula is C25H24N2O4S. The van der Waals surface area contributed by atoms with Crippen molar-refractivity contribution in [2.24, 2.45) is 0 Å². The van der Waals surface area contributed by atoms with E-state index in [1.54, 1.807) is 12.1 Å². The average Bonchev–Trinajstić information content (AvgIpc) is 2.79. The van der Waals surface area contributed by atoms with Gasteiger partial charge in [-0.25, -0.2) is 4.79 Å². The van der Waals surface area contributed by atoms with Crippen molar-refractivity contribution < 1.29 is 19.5 Å². The van der Waals surface area contributed by atoms with Crippen molar-refractivity contribution in [1.29, 1.82) is 0 Å². The quantitative estimate of drug-likeness (QED) is 0.371. The van der Waals surface area contributed by atoms with E-state index in [-0.39, 0.29) is 17.4 Å². The normalized spacial score (nSPS) is 11.4. The largest absolute Gasteiger partial charge is 0.478 e. The van der Waals surface area contributed by atoms with E-state index in [0.29, 0.717) is 17.8 Å². The smallest absolute Gasteiger partial charge is 0.335 e. The molecule has 0 aliphatic carbocycles. The van der Waals surface area contributed by atoms with Gasteiger partial charge in [-0.05, 0) is 60.5 Å². The summed E-state index contributed by atoms with van der Waals surface area (Å²) >= 11 is 1.40. The Kier molecular flexibility index (Phi) is 8.05. The standard InChI is InChI=1S/C25H24N2O4S/c1-2-6-22(28)26-19-13-15-21(16-14-19)32-23(17-7-4-3-5-8-17)24(29)27-20-11-9-18(10-12-20)25(30)31/h3-5,7-16,23H,2,6H2,1H3,(H,26,28)(H,27,29)(H,30,31). The Morgan fingerprint density at radius 1 is 0.844 bits per heavy atom. The second-order valence-electron chi connectivity index (χ2n) is 7.10. The first-order valence-electron chi connectivity index (χ1n) is 10.2. The lowest BCUT2D eigenvalue weighted by atomic mass is 10.1. The van der Waals surface area contributed by atoms with Crippen molar-refractivity contribution >= 4 is 40.9 Å². The van der Waals surface area contributed by atoms with E-state index in [2.05, 4.69) is 10.6 Å². The van der Waals surface area contributed by atoms with Gasteiger partial charge in [0.25, 0.3) is 0 Å². The predicted molar refractivity (Wildman–Crippen MR) is 127 cm³/mol. The highest BCUT2D eigenvalue weighted by atomic mass is 32.2. The molecule has 0 aliphatic heterocycles. The van der Waals surface area contributed by atoms with Gasteiger partial charge in [0.1, 0.15) is 5.25 Å². The molecule has 32 heavy (non-hydrogen) atoms. The molecule has 3 aromatic rings. The molecule has 3 aromatic carbocycles. The molecular weight excluding hydrogens is 424 g/mol. The minimum Gasteiger partial charge on any atom is -0.478 e. The third-order valence-corrected chi connectivity index (χ3v) is 5.88. The van der Waals surface area contributed by atoms with E-state index < -0.39 is 11.2 Å². The summed E-state index contributed by atoms with van der Waals surface area (Å²) in [5.41, 5.74) is 2.24. The molecule has 0 bridgehead atoms. The van der Waals surface area contributed by atoms with Crippen LogP contribution in [0.15, 0.2) is 83.8 Å². The summed E-state index contributed by atoms with van der Waals surface area (Å²) in [6.45, 7) is 1.95. The second kappa shape index (κ2) is 11.2. The SMILES string of the molecule is CCCC(=O)Nc1ccc(SC(C(=O)Nc2ccc(C(=O)O)cc2)c2ccccc2)cc1. The third-order valence-electron chi connectivity index (χ3n) is 4.61. The van der Waals surface area contributed by atoms with Crippen LogP contribution in [0.2, 0.25) is 0 Å². The molecule has 0 radical (unpaired) electrons. The van der Waals surface area contributed by atoms with Gasteiger partial charge in [-0.3, -0.25) is 9.59 Å². The first-order chi connectivity index (χ1) is 15.5. The van der Waals surface area contributed by atoms with Crippen molar-refractivity contribution in [3.63, 3.8) is 0 Å². The Balaban J connectivity index is 1.75. The molecule has 0 aromatic heterocycles. The van der Waals surface area contributed by atoms with E-state index in [1.807, 2.05) is 61.5 Å². The lowest BCUT2D eigenvalue weighted by molar-refractivity contribution is -0.116. The number of amides is 2. The summed E-state index contributed by atoms with van der Waals surface area (Å²) in [4.78, 5) is 36.8. The Hall–Kier alpha value is -3.58. The van der Waals surface area contributed by atoms with Gasteiger partial charge in [0.2, 0.25) is 11.8 Å². The molecule has 0 saturated heterocycles. The number of aromatic carboxylic acids is 1. The first kappa shape index (κ1) is 23.1. The lowest BCUT2D eigenvalue weighted by Gasteiger charge is -2.17. The number of hydrogen-bond acceptors (Lipinski definition) is 4. The predicted octanol–water partition coefficient (Wildman–Crippen LogP) is 5.60. The maximum Gasteiger partial charge on any atom is 0.335 e. The number of carboxylic acids is 1. The summed E-state index contributed by atoms with van der Waals surface area (Å²) in [7, 11) is 0. The van der Waals surface area contributed by atoms with Crippen LogP contribution < -0.4 is 10.6 Å². The Morgan fingerprint density at radius 3 is 2.03 bits per heavy atom. The van der Waals surface area contributed by atoms with Gasteiger partial charge >= 0.3 is 5.97 Å². The number of benzene rings is 3. The minimum absolute atomic E-state index is 0.0247. The van der Waals surface area contributed by atoms with Gasteiger partial charge in [-0.1, -0.05) is 37.3 Å². The van der Waals surface area contributed by atoms with Gasteiger partial charge in [-0.2, -0.15) is 0 Å². The van der Waals surface area contributed by atoms with Crippen molar-refractivity contribution in [2.75, 3.05) is 10.6 Å². The van der Waals surface area contributed by atoms with Crippen LogP contribution in [-0.2, 0) is 9.59 Å². The average molecular weight is 449 g/mol. The Labute approximate surface area is 191 Å². The van der Waals surface area contributed by atoms with E-state index in [1.165, 1.54) is 23.9 Å². The summed E-state index contributed by atoms with van der Waals surface area (Å²) < 4.78 is 0. The van der Waals surface area contributed by atoms with Gasteiger partial charge in [0.15, 0.2) is 0 Å². The summed E-state index contributed by atoms with van der Waals surface area (Å²) in [5.74, 6) is -1.26. The van der Waals surface area contributed by atoms with Crippen LogP contribution in [0.5, 0.6) is 0 Å². The molecule has 1 unspecified atom stereocenters. The van der Waals surface area contributed by atoms with Gasteiger partial charge in [0, 0.05) is 22.7 Å². The molecule has 3 N–H and O–H groups in total. The molecule has 6 nitrogen and oxygen atoms in total. The van der Waals surface area contributed by atoms with E-state index >= 15 is 0 Å². The molecule has 0 fully saturated rings. The lowest BCUT2D eigenvalue weighted by Crippen LogP contribution is -2.19. The number of carboxylic acid groups (broad SMARTS) is 1. The zero-order valence-electron chi connectivity index (χ0n) is 17.6. The topological polar surface area (TPSA) is 95.5 Å². The highest BCUT2D eigenvalue weighted by Gasteiger charge is 2.22. The fourth-order valence-electron chi connectivity index (χ4n) is 3.01. The van der Waals surface area contributed by atoms with Gasteiger partial charge in [0.05, 0.1) is 5.56 Å². The van der Waals surface area contributed by atoms with Crippen LogP contribution >= 0.6 is 11.8 Å². The van der Waals surface area contributed by atoms with Crippen molar-refractivity contribution in [1.82, 2.24) is 0 Å². The molecule has 2 amide bonds. The van der Waals surface area contributed by atoms with E-state index in [0.717, 1.165) is 16.9 Å². The number of carbonyl (C=O) groups is 3. The monoisotopic (exact) mass is 448 g/mol. The Bertz CT molecular complexity index is 1070. The number of thioether (sulfide) groups is 1. The van der Waals surface area contributed by atoms with Crippen LogP contribution in [0.25, 0.3) is 0 Å². The van der Waals surface area contributed by atoms with Gasteiger partial charge in [-0.15, -0.1) is 11.8 Å². The summed E-state index contributed by atoms with van der Waals surface area (Å²) in [6, 6.07) is 22.9. The van der Waals surface area contributed by atoms with Crippen molar-refractivity contribution in [3.05, 3.63) is 90.0 Å². The van der Waals surface area contributed by atoms with Crippen LogP contribution in [-0.4, -0.2) is 22.9 Å². The number of nitrogens with one attached hydrogen (secondary N) is 2. The van der Waals surface area contributed by atoms with Gasteiger partial charge < -0.3 is 15.7 Å². The molecule has 0 heterocycles. The minimum atomic E-state index is -1.02. The summed E-state index contributed by atoms with van der Waals surface area (Å²) in [6.07, 6.45) is 1.26. The van der Waals surface area contributed by atoms with Crippen molar-refractivity contribution in [2.45, 2.75) is 29.9 Å². The molecule has 0 spiro atoms. The molecule has 7 heteroatoms. The highest BCUT2D eigenvalue weighted by molar-refractivity contribution is 8.00. The second-order valence-corrected chi connectivity index (χ2v) is 8.28. The van der Waals surface area contributed by atoms with Crippen LogP contribution in [0.4, 0.5) is 11.4 Å². The maximum absolute atomic E-state index is 13.1. The number of rotatable bonds is 9. The third kappa shape index (κ3) is 6.46. The number of carbonyl (C=O) groups excluding carboxylic acids is 2. The van der Waals surface area contributed by atoms with E-state index in [4.69, 9.17) is 5.11 Å². The molecule has 0 saturated carbocycles. The zero-order chi connectivity index (χ0) is 22.9. The number of hydrogen-bond donors (Lipinski definition) is 3. The van der Waals surface area contributed by atoms with Crippen LogP contribution in [0.1, 0.15) is 40.9 Å². The fraction of sp³-hybridized carbons (Fsp3) is 0.160. The van der Waals surface area contributed by atoms with Crippen molar-refractivity contribution in [3.8, 4) is 0 Å².